The van der Waals surface area contributed by atoms with Gasteiger partial charge in [0.05, 0.1) is 6.42 Å². The third-order valence-electron chi connectivity index (χ3n) is 2.96. The second-order valence-corrected chi connectivity index (χ2v) is 4.15. The number of nitrogens with zero attached hydrogens (tertiary/aromatic N) is 3. The Bertz CT molecular complexity index is 427. The van der Waals surface area contributed by atoms with Gasteiger partial charge >= 0.3 is 6.09 Å². The standard InChI is InChI=1S/C12H15N3O3/c16-11(9-10-3-1-2-4-13-10)14-5-7-15(8-6-14)12(17)18/h1-4H,5-9H2,(H,17,18). The van der Waals surface area contributed by atoms with Crippen molar-refractivity contribution in [2.45, 2.75) is 6.42 Å². The summed E-state index contributed by atoms with van der Waals surface area (Å²) in [7, 11) is 0. The molecule has 2 heterocycles. The monoisotopic (exact) mass is 249 g/mol. The normalized spacial score (nSPS) is 15.6. The molecule has 1 aromatic heterocycles. The quantitative estimate of drug-likeness (QED) is 0.825. The van der Waals surface area contributed by atoms with Crippen molar-refractivity contribution in [2.75, 3.05) is 26.2 Å². The average Bonchev–Trinajstić information content (AvgIpc) is 2.40. The van der Waals surface area contributed by atoms with E-state index in [1.54, 1.807) is 17.2 Å². The molecule has 0 aromatic carbocycles. The fourth-order valence-electron chi connectivity index (χ4n) is 1.92. The van der Waals surface area contributed by atoms with Gasteiger partial charge in [0.25, 0.3) is 0 Å². The second-order valence-electron chi connectivity index (χ2n) is 4.15. The molecule has 2 rings (SSSR count). The van der Waals surface area contributed by atoms with E-state index >= 15 is 0 Å². The maximum absolute atomic E-state index is 12.0. The molecule has 0 unspecified atom stereocenters. The van der Waals surface area contributed by atoms with Crippen LogP contribution in [0.5, 0.6) is 0 Å². The summed E-state index contributed by atoms with van der Waals surface area (Å²) in [6, 6.07) is 5.46. The Morgan fingerprint density at radius 3 is 2.39 bits per heavy atom. The third kappa shape index (κ3) is 2.97. The van der Waals surface area contributed by atoms with E-state index in [9.17, 15) is 9.59 Å². The summed E-state index contributed by atoms with van der Waals surface area (Å²) in [5.74, 6) is -0.00117. The van der Waals surface area contributed by atoms with E-state index in [2.05, 4.69) is 4.98 Å². The first-order chi connectivity index (χ1) is 8.66. The Kier molecular flexibility index (Phi) is 3.76. The second kappa shape index (κ2) is 5.48. The van der Waals surface area contributed by atoms with Crippen LogP contribution in [0.2, 0.25) is 0 Å². The number of carbonyl (C=O) groups excluding carboxylic acids is 1. The van der Waals surface area contributed by atoms with Gasteiger partial charge in [-0.1, -0.05) is 6.07 Å². The molecule has 1 fully saturated rings. The van der Waals surface area contributed by atoms with Gasteiger partial charge in [0.1, 0.15) is 0 Å². The molecule has 0 spiro atoms. The molecule has 1 saturated heterocycles. The summed E-state index contributed by atoms with van der Waals surface area (Å²) in [5, 5.41) is 8.81. The first kappa shape index (κ1) is 12.3. The summed E-state index contributed by atoms with van der Waals surface area (Å²) >= 11 is 0. The maximum Gasteiger partial charge on any atom is 0.407 e. The minimum atomic E-state index is -0.924. The molecule has 1 aliphatic heterocycles. The summed E-state index contributed by atoms with van der Waals surface area (Å²) in [5.41, 5.74) is 0.739. The lowest BCUT2D eigenvalue weighted by atomic mass is 10.2. The Balaban J connectivity index is 1.86. The number of hydrogen-bond acceptors (Lipinski definition) is 3. The molecule has 6 heteroatoms. The zero-order valence-electron chi connectivity index (χ0n) is 9.95. The Labute approximate surface area is 105 Å². The Hall–Kier alpha value is -2.11. The molecule has 2 amide bonds. The zero-order valence-corrected chi connectivity index (χ0v) is 9.95. The Morgan fingerprint density at radius 1 is 1.17 bits per heavy atom. The number of rotatable bonds is 2. The topological polar surface area (TPSA) is 73.7 Å². The highest BCUT2D eigenvalue weighted by atomic mass is 16.4. The first-order valence-corrected chi connectivity index (χ1v) is 5.82. The highest BCUT2D eigenvalue weighted by molar-refractivity contribution is 5.78. The zero-order chi connectivity index (χ0) is 13.0. The van der Waals surface area contributed by atoms with E-state index in [0.717, 1.165) is 5.69 Å². The summed E-state index contributed by atoms with van der Waals surface area (Å²) in [6.45, 7) is 1.67. The van der Waals surface area contributed by atoms with Crippen LogP contribution in [0.15, 0.2) is 24.4 Å². The van der Waals surface area contributed by atoms with E-state index in [1.807, 2.05) is 12.1 Å². The average molecular weight is 249 g/mol. The molecule has 96 valence electrons. The number of amides is 2. The molecular weight excluding hydrogens is 234 g/mol. The molecule has 1 N–H and O–H groups in total. The van der Waals surface area contributed by atoms with Crippen LogP contribution in [0, 0.1) is 0 Å². The molecule has 0 aliphatic carbocycles. The van der Waals surface area contributed by atoms with Gasteiger partial charge in [0.15, 0.2) is 0 Å². The van der Waals surface area contributed by atoms with Crippen LogP contribution in [-0.4, -0.2) is 58.1 Å². The highest BCUT2D eigenvalue weighted by Gasteiger charge is 2.23. The smallest absolute Gasteiger partial charge is 0.407 e. The molecule has 18 heavy (non-hydrogen) atoms. The van der Waals surface area contributed by atoms with Gasteiger partial charge in [-0.05, 0) is 12.1 Å². The van der Waals surface area contributed by atoms with Crippen LogP contribution in [0.25, 0.3) is 0 Å². The number of carboxylic acid groups (broad SMARTS) is 1. The molecule has 6 nitrogen and oxygen atoms in total. The van der Waals surface area contributed by atoms with E-state index in [1.165, 1.54) is 4.90 Å². The lowest BCUT2D eigenvalue weighted by molar-refractivity contribution is -0.132. The predicted molar refractivity (Wildman–Crippen MR) is 64.1 cm³/mol. The number of piperazine rings is 1. The van der Waals surface area contributed by atoms with Gasteiger partial charge in [0.2, 0.25) is 5.91 Å². The molecule has 0 saturated carbocycles. The van der Waals surface area contributed by atoms with Gasteiger partial charge < -0.3 is 14.9 Å². The minimum Gasteiger partial charge on any atom is -0.465 e. The van der Waals surface area contributed by atoms with E-state index < -0.39 is 6.09 Å². The van der Waals surface area contributed by atoms with Gasteiger partial charge in [0, 0.05) is 38.1 Å². The molecule has 1 aromatic rings. The number of carbonyl (C=O) groups is 2. The fraction of sp³-hybridized carbons (Fsp3) is 0.417. The van der Waals surface area contributed by atoms with Gasteiger partial charge in [-0.2, -0.15) is 0 Å². The van der Waals surface area contributed by atoms with Crippen LogP contribution in [0.1, 0.15) is 5.69 Å². The van der Waals surface area contributed by atoms with Crippen LogP contribution in [0.3, 0.4) is 0 Å². The van der Waals surface area contributed by atoms with Crippen molar-refractivity contribution >= 4 is 12.0 Å². The van der Waals surface area contributed by atoms with Crippen molar-refractivity contribution in [1.82, 2.24) is 14.8 Å². The van der Waals surface area contributed by atoms with E-state index in [-0.39, 0.29) is 12.3 Å². The van der Waals surface area contributed by atoms with Crippen molar-refractivity contribution in [2.24, 2.45) is 0 Å². The first-order valence-electron chi connectivity index (χ1n) is 5.82. The van der Waals surface area contributed by atoms with Crippen molar-refractivity contribution < 1.29 is 14.7 Å². The lowest BCUT2D eigenvalue weighted by Crippen LogP contribution is -2.50. The van der Waals surface area contributed by atoms with Crippen molar-refractivity contribution in [3.63, 3.8) is 0 Å². The lowest BCUT2D eigenvalue weighted by Gasteiger charge is -2.33. The number of hydrogen-bond donors (Lipinski definition) is 1. The van der Waals surface area contributed by atoms with Crippen LogP contribution >= 0.6 is 0 Å². The largest absolute Gasteiger partial charge is 0.465 e. The highest BCUT2D eigenvalue weighted by Crippen LogP contribution is 2.05. The SMILES string of the molecule is O=C(O)N1CCN(C(=O)Cc2ccccn2)CC1. The third-order valence-corrected chi connectivity index (χ3v) is 2.96. The minimum absolute atomic E-state index is 0.00117. The van der Waals surface area contributed by atoms with Crippen molar-refractivity contribution in [1.29, 1.82) is 0 Å². The number of aromatic nitrogens is 1. The summed E-state index contributed by atoms with van der Waals surface area (Å²) in [4.78, 5) is 29.8. The van der Waals surface area contributed by atoms with Crippen molar-refractivity contribution in [3.05, 3.63) is 30.1 Å². The van der Waals surface area contributed by atoms with Crippen LogP contribution in [0.4, 0.5) is 4.79 Å². The van der Waals surface area contributed by atoms with Gasteiger partial charge in [-0.3, -0.25) is 9.78 Å². The summed E-state index contributed by atoms with van der Waals surface area (Å²) in [6.07, 6.45) is 1.01. The number of pyridine rings is 1. The maximum atomic E-state index is 12.0. The molecule has 1 aliphatic rings. The van der Waals surface area contributed by atoms with Crippen molar-refractivity contribution in [3.8, 4) is 0 Å². The molecular formula is C12H15N3O3. The van der Waals surface area contributed by atoms with Gasteiger partial charge in [-0.15, -0.1) is 0 Å². The fourth-order valence-corrected chi connectivity index (χ4v) is 1.92. The summed E-state index contributed by atoms with van der Waals surface area (Å²) < 4.78 is 0. The van der Waals surface area contributed by atoms with Crippen LogP contribution in [-0.2, 0) is 11.2 Å². The molecule has 0 atom stereocenters. The van der Waals surface area contributed by atoms with Crippen LogP contribution < -0.4 is 0 Å². The van der Waals surface area contributed by atoms with E-state index in [0.29, 0.717) is 26.2 Å². The molecule has 0 radical (unpaired) electrons. The van der Waals surface area contributed by atoms with Gasteiger partial charge in [-0.25, -0.2) is 4.79 Å². The molecule has 0 bridgehead atoms. The Morgan fingerprint density at radius 2 is 1.83 bits per heavy atom. The predicted octanol–water partition coefficient (Wildman–Crippen LogP) is 0.446. The van der Waals surface area contributed by atoms with E-state index in [4.69, 9.17) is 5.11 Å².